The number of nitrogens with two attached hydrogens (primary N) is 1. The highest BCUT2D eigenvalue weighted by molar-refractivity contribution is 5.94. The lowest BCUT2D eigenvalue weighted by atomic mass is 10.1. The lowest BCUT2D eigenvalue weighted by Gasteiger charge is -2.14. The molecule has 5 nitrogen and oxygen atoms in total. The molecule has 0 fully saturated rings. The van der Waals surface area contributed by atoms with Crippen LogP contribution in [0.5, 0.6) is 11.5 Å². The van der Waals surface area contributed by atoms with Crippen LogP contribution in [0, 0.1) is 5.92 Å². The van der Waals surface area contributed by atoms with Crippen molar-refractivity contribution in [1.82, 2.24) is 5.32 Å². The second kappa shape index (κ2) is 10.1. The van der Waals surface area contributed by atoms with Gasteiger partial charge in [-0.1, -0.05) is 20.8 Å². The van der Waals surface area contributed by atoms with Crippen LogP contribution in [0.1, 0.15) is 44.0 Å². The van der Waals surface area contributed by atoms with Crippen molar-refractivity contribution in [1.29, 1.82) is 0 Å². The normalized spacial score (nSPS) is 11.8. The Morgan fingerprint density at radius 1 is 1.18 bits per heavy atom. The van der Waals surface area contributed by atoms with Crippen LogP contribution in [0.25, 0.3) is 0 Å². The van der Waals surface area contributed by atoms with Gasteiger partial charge in [-0.05, 0) is 43.5 Å². The first-order valence-electron chi connectivity index (χ1n) is 8.00. The number of hydrogen-bond acceptors (Lipinski definition) is 4. The molecule has 0 bridgehead atoms. The van der Waals surface area contributed by atoms with Crippen molar-refractivity contribution in [3.63, 3.8) is 0 Å². The van der Waals surface area contributed by atoms with Gasteiger partial charge in [0.25, 0.3) is 5.91 Å². The highest BCUT2D eigenvalue weighted by Gasteiger charge is 2.12. The van der Waals surface area contributed by atoms with E-state index in [0.717, 1.165) is 12.8 Å². The first-order chi connectivity index (χ1) is 10.6. The average Bonchev–Trinajstić information content (AvgIpc) is 2.55. The van der Waals surface area contributed by atoms with Gasteiger partial charge in [-0.15, -0.1) is 0 Å². The average molecular weight is 308 g/mol. The van der Waals surface area contributed by atoms with Crippen LogP contribution < -0.4 is 20.5 Å². The maximum absolute atomic E-state index is 12.2. The summed E-state index contributed by atoms with van der Waals surface area (Å²) in [6, 6.07) is 5.29. The summed E-state index contributed by atoms with van der Waals surface area (Å²) >= 11 is 0. The van der Waals surface area contributed by atoms with Crippen LogP contribution in [0.4, 0.5) is 0 Å². The van der Waals surface area contributed by atoms with Crippen LogP contribution in [0.3, 0.4) is 0 Å². The number of carbonyl (C=O) groups excluding carboxylic acids is 1. The summed E-state index contributed by atoms with van der Waals surface area (Å²) in [6.45, 7) is 8.42. The zero-order valence-corrected chi connectivity index (χ0v) is 13.9. The van der Waals surface area contributed by atoms with Gasteiger partial charge in [0.05, 0.1) is 13.2 Å². The number of ether oxygens (including phenoxy) is 2. The van der Waals surface area contributed by atoms with Gasteiger partial charge >= 0.3 is 0 Å². The zero-order chi connectivity index (χ0) is 16.4. The number of carbonyl (C=O) groups is 1. The van der Waals surface area contributed by atoms with Crippen molar-refractivity contribution in [2.75, 3.05) is 26.3 Å². The van der Waals surface area contributed by atoms with Crippen LogP contribution in [0.15, 0.2) is 18.2 Å². The SMILES string of the molecule is CCCOc1ccc(C(=O)NCC(C)CN)cc1OCCC. The van der Waals surface area contributed by atoms with E-state index in [2.05, 4.69) is 5.32 Å². The summed E-state index contributed by atoms with van der Waals surface area (Å²) in [7, 11) is 0. The maximum Gasteiger partial charge on any atom is 0.251 e. The predicted molar refractivity (Wildman–Crippen MR) is 88.6 cm³/mol. The summed E-state index contributed by atoms with van der Waals surface area (Å²) in [5.41, 5.74) is 6.12. The van der Waals surface area contributed by atoms with E-state index in [-0.39, 0.29) is 11.8 Å². The molecule has 3 N–H and O–H groups in total. The molecular formula is C17H28N2O3. The van der Waals surface area contributed by atoms with Crippen LogP contribution in [-0.4, -0.2) is 32.2 Å². The Labute approximate surface area is 133 Å². The molecule has 1 aromatic rings. The fraction of sp³-hybridized carbons (Fsp3) is 0.588. The van der Waals surface area contributed by atoms with Gasteiger partial charge in [0, 0.05) is 12.1 Å². The Hall–Kier alpha value is -1.75. The Balaban J connectivity index is 2.80. The van der Waals surface area contributed by atoms with E-state index in [1.165, 1.54) is 0 Å². The topological polar surface area (TPSA) is 73.6 Å². The lowest BCUT2D eigenvalue weighted by molar-refractivity contribution is 0.0948. The predicted octanol–water partition coefficient (Wildman–Crippen LogP) is 2.59. The molecule has 0 aliphatic rings. The molecule has 0 saturated heterocycles. The Morgan fingerprint density at radius 3 is 2.41 bits per heavy atom. The number of hydrogen-bond donors (Lipinski definition) is 2. The van der Waals surface area contributed by atoms with Gasteiger partial charge in [0.2, 0.25) is 0 Å². The molecular weight excluding hydrogens is 280 g/mol. The second-order valence-corrected chi connectivity index (χ2v) is 5.41. The molecule has 22 heavy (non-hydrogen) atoms. The smallest absolute Gasteiger partial charge is 0.251 e. The van der Waals surface area contributed by atoms with Gasteiger partial charge in [-0.25, -0.2) is 0 Å². The van der Waals surface area contributed by atoms with Crippen LogP contribution in [0.2, 0.25) is 0 Å². The van der Waals surface area contributed by atoms with Crippen LogP contribution in [-0.2, 0) is 0 Å². The summed E-state index contributed by atoms with van der Waals surface area (Å²) in [5, 5.41) is 2.88. The van der Waals surface area contributed by atoms with E-state index >= 15 is 0 Å². The minimum atomic E-state index is -0.122. The van der Waals surface area contributed by atoms with Crippen LogP contribution >= 0.6 is 0 Å². The summed E-state index contributed by atoms with van der Waals surface area (Å²) < 4.78 is 11.4. The highest BCUT2D eigenvalue weighted by atomic mass is 16.5. The Bertz CT molecular complexity index is 463. The van der Waals surface area contributed by atoms with E-state index in [1.54, 1.807) is 18.2 Å². The van der Waals surface area contributed by atoms with Crippen molar-refractivity contribution in [2.45, 2.75) is 33.6 Å². The third kappa shape index (κ3) is 5.93. The number of rotatable bonds is 10. The minimum Gasteiger partial charge on any atom is -0.490 e. The zero-order valence-electron chi connectivity index (χ0n) is 13.9. The van der Waals surface area contributed by atoms with Gasteiger partial charge in [-0.3, -0.25) is 4.79 Å². The molecule has 0 radical (unpaired) electrons. The molecule has 0 aromatic heterocycles. The van der Waals surface area contributed by atoms with Crippen molar-refractivity contribution < 1.29 is 14.3 Å². The third-order valence-corrected chi connectivity index (χ3v) is 3.14. The Kier molecular flexibility index (Phi) is 8.36. The van der Waals surface area contributed by atoms with E-state index in [1.807, 2.05) is 20.8 Å². The molecule has 1 unspecified atom stereocenters. The van der Waals surface area contributed by atoms with Crippen molar-refractivity contribution in [3.8, 4) is 11.5 Å². The molecule has 1 rings (SSSR count). The summed E-state index contributed by atoms with van der Waals surface area (Å²) in [4.78, 5) is 12.2. The summed E-state index contributed by atoms with van der Waals surface area (Å²) in [6.07, 6.45) is 1.82. The fourth-order valence-corrected chi connectivity index (χ4v) is 1.76. The minimum absolute atomic E-state index is 0.122. The molecule has 1 atom stereocenters. The van der Waals surface area contributed by atoms with E-state index in [9.17, 15) is 4.79 Å². The molecule has 0 aliphatic heterocycles. The third-order valence-electron chi connectivity index (χ3n) is 3.14. The quantitative estimate of drug-likeness (QED) is 0.697. The molecule has 5 heteroatoms. The number of amides is 1. The van der Waals surface area contributed by atoms with E-state index in [0.29, 0.717) is 43.4 Å². The van der Waals surface area contributed by atoms with Crippen molar-refractivity contribution in [2.24, 2.45) is 11.7 Å². The van der Waals surface area contributed by atoms with Gasteiger partial charge < -0.3 is 20.5 Å². The first-order valence-corrected chi connectivity index (χ1v) is 8.00. The largest absolute Gasteiger partial charge is 0.490 e. The molecule has 0 heterocycles. The number of nitrogens with one attached hydrogen (secondary N) is 1. The number of benzene rings is 1. The fourth-order valence-electron chi connectivity index (χ4n) is 1.76. The van der Waals surface area contributed by atoms with Gasteiger partial charge in [-0.2, -0.15) is 0 Å². The molecule has 0 spiro atoms. The molecule has 0 aliphatic carbocycles. The monoisotopic (exact) mass is 308 g/mol. The molecule has 124 valence electrons. The van der Waals surface area contributed by atoms with Crippen molar-refractivity contribution in [3.05, 3.63) is 23.8 Å². The second-order valence-electron chi connectivity index (χ2n) is 5.41. The van der Waals surface area contributed by atoms with Crippen molar-refractivity contribution >= 4 is 5.91 Å². The van der Waals surface area contributed by atoms with Gasteiger partial charge in [0.15, 0.2) is 11.5 Å². The van der Waals surface area contributed by atoms with E-state index < -0.39 is 0 Å². The molecule has 0 saturated carbocycles. The summed E-state index contributed by atoms with van der Waals surface area (Å²) in [5.74, 6) is 1.44. The molecule has 1 amide bonds. The van der Waals surface area contributed by atoms with Gasteiger partial charge in [0.1, 0.15) is 0 Å². The van der Waals surface area contributed by atoms with E-state index in [4.69, 9.17) is 15.2 Å². The first kappa shape index (κ1) is 18.3. The lowest BCUT2D eigenvalue weighted by Crippen LogP contribution is -2.31. The maximum atomic E-state index is 12.2. The highest BCUT2D eigenvalue weighted by Crippen LogP contribution is 2.28. The molecule has 1 aromatic carbocycles. The standard InChI is InChI=1S/C17H28N2O3/c1-4-8-21-15-7-6-14(10-16(15)22-9-5-2)17(20)19-12-13(3)11-18/h6-7,10,13H,4-5,8-9,11-12,18H2,1-3H3,(H,19,20). The Morgan fingerprint density at radius 2 is 1.82 bits per heavy atom.